The molecule has 0 saturated heterocycles. The fraction of sp³-hybridized carbons (Fsp3) is 0.200. The van der Waals surface area contributed by atoms with Crippen molar-refractivity contribution in [1.82, 2.24) is 4.90 Å². The molecule has 0 unspecified atom stereocenters. The number of likely N-dealkylation sites (N-methyl/N-ethyl adjacent to an activating group) is 1. The number of nitro groups is 1. The van der Waals surface area contributed by atoms with Crippen LogP contribution in [-0.2, 0) is 11.3 Å². The van der Waals surface area contributed by atoms with E-state index in [0.29, 0.717) is 6.07 Å². The summed E-state index contributed by atoms with van der Waals surface area (Å²) in [7, 11) is 2.18. The Morgan fingerprint density at radius 2 is 1.97 bits per heavy atom. The van der Waals surface area contributed by atoms with Gasteiger partial charge in [-0.1, -0.05) is 0 Å². The normalized spacial score (nSPS) is 11.9. The second-order valence-electron chi connectivity index (χ2n) is 6.60. The van der Waals surface area contributed by atoms with Gasteiger partial charge in [0.05, 0.1) is 12.0 Å². The van der Waals surface area contributed by atoms with Crippen molar-refractivity contribution in [2.45, 2.75) is 16.9 Å². The highest BCUT2D eigenvalue weighted by Crippen LogP contribution is 2.39. The molecule has 0 aliphatic heterocycles. The minimum absolute atomic E-state index is 0.288. The summed E-state index contributed by atoms with van der Waals surface area (Å²) in [4.78, 5) is 23.3. The molecule has 0 spiro atoms. The maximum Gasteiger partial charge on any atom is 0.446 e. The summed E-state index contributed by atoms with van der Waals surface area (Å²) in [6.07, 6.45) is 0. The zero-order chi connectivity index (χ0) is 25.8. The van der Waals surface area contributed by atoms with Crippen LogP contribution in [0.25, 0.3) is 5.76 Å². The van der Waals surface area contributed by atoms with Crippen LogP contribution >= 0.6 is 11.8 Å². The molecule has 0 aliphatic rings. The molecule has 0 radical (unpaired) electrons. The molecule has 2 aromatic rings. The molecule has 0 heterocycles. The van der Waals surface area contributed by atoms with Crippen molar-refractivity contribution in [2.24, 2.45) is 0 Å². The average molecular weight is 501 g/mol. The quantitative estimate of drug-likeness (QED) is 0.108. The highest BCUT2D eigenvalue weighted by molar-refractivity contribution is 8.00. The number of nitro benzene ring substituents is 1. The van der Waals surface area contributed by atoms with Crippen molar-refractivity contribution in [1.29, 1.82) is 5.26 Å². The summed E-state index contributed by atoms with van der Waals surface area (Å²) in [6, 6.07) is 5.69. The van der Waals surface area contributed by atoms with Crippen molar-refractivity contribution in [3.63, 3.8) is 0 Å². The number of nitrogens with zero attached hydrogens (tertiary/aromatic N) is 3. The lowest BCUT2D eigenvalue weighted by molar-refractivity contribution is -0.386. The third-order valence-corrected chi connectivity index (χ3v) is 5.03. The van der Waals surface area contributed by atoms with E-state index in [1.54, 1.807) is 0 Å². The second-order valence-corrected chi connectivity index (χ2v) is 7.74. The zero-order valence-corrected chi connectivity index (χ0v) is 18.2. The number of nitriles is 1. The molecule has 34 heavy (non-hydrogen) atoms. The largest absolute Gasteiger partial charge is 0.506 e. The van der Waals surface area contributed by atoms with Gasteiger partial charge in [0.1, 0.15) is 17.6 Å². The van der Waals surface area contributed by atoms with Gasteiger partial charge in [-0.15, -0.1) is 0 Å². The lowest BCUT2D eigenvalue weighted by Crippen LogP contribution is -2.28. The number of hydrogen-bond acceptors (Lipinski definition) is 8. The van der Waals surface area contributed by atoms with Crippen LogP contribution < -0.4 is 4.74 Å². The number of halogens is 4. The van der Waals surface area contributed by atoms with Crippen molar-refractivity contribution < 1.29 is 42.2 Å². The molecule has 9 nitrogen and oxygen atoms in total. The highest BCUT2D eigenvalue weighted by Gasteiger charge is 2.30. The van der Waals surface area contributed by atoms with Gasteiger partial charge in [-0.2, -0.15) is 18.4 Å². The Kier molecular flexibility index (Phi) is 7.96. The smallest absolute Gasteiger partial charge is 0.446 e. The molecule has 0 aromatic heterocycles. The van der Waals surface area contributed by atoms with E-state index < -0.39 is 74.5 Å². The van der Waals surface area contributed by atoms with Crippen LogP contribution in [0, 0.1) is 27.3 Å². The summed E-state index contributed by atoms with van der Waals surface area (Å²) in [6.45, 7) is -0.561. The molecule has 2 N–H and O–H groups in total. The van der Waals surface area contributed by atoms with Gasteiger partial charge in [0.15, 0.2) is 11.3 Å². The molecule has 0 saturated carbocycles. The van der Waals surface area contributed by atoms with Gasteiger partial charge in [-0.25, -0.2) is 4.39 Å². The minimum atomic E-state index is -4.62. The number of aromatic hydroxyl groups is 1. The van der Waals surface area contributed by atoms with E-state index in [0.717, 1.165) is 43.3 Å². The van der Waals surface area contributed by atoms with Crippen LogP contribution in [0.2, 0.25) is 0 Å². The molecule has 0 fully saturated rings. The summed E-state index contributed by atoms with van der Waals surface area (Å²) < 4.78 is 56.7. The molecule has 0 aliphatic carbocycles. The molecule has 180 valence electrons. The van der Waals surface area contributed by atoms with Crippen LogP contribution in [0.1, 0.15) is 11.1 Å². The van der Waals surface area contributed by atoms with Crippen molar-refractivity contribution in [2.75, 3.05) is 14.2 Å². The summed E-state index contributed by atoms with van der Waals surface area (Å²) in [5, 5.41) is 40.8. The van der Waals surface area contributed by atoms with Gasteiger partial charge in [0, 0.05) is 35.7 Å². The maximum absolute atomic E-state index is 14.1. The Morgan fingerprint density at radius 3 is 2.50 bits per heavy atom. The first-order chi connectivity index (χ1) is 15.8. The van der Waals surface area contributed by atoms with Crippen LogP contribution in [-0.4, -0.2) is 45.6 Å². The van der Waals surface area contributed by atoms with Crippen molar-refractivity contribution >= 4 is 29.1 Å². The van der Waals surface area contributed by atoms with Gasteiger partial charge in [-0.05, 0) is 36.0 Å². The number of phenols is 1. The fourth-order valence-electron chi connectivity index (χ4n) is 2.76. The molecular formula is C20H15F4N3O6S. The zero-order valence-electron chi connectivity index (χ0n) is 17.4. The van der Waals surface area contributed by atoms with Crippen molar-refractivity contribution in [3.8, 4) is 17.6 Å². The number of carbonyl (C=O) groups is 1. The number of phenolic OH excluding ortho intramolecular Hbond substituents is 1. The average Bonchev–Trinajstić information content (AvgIpc) is 2.75. The number of ether oxygens (including phenoxy) is 1. The third kappa shape index (κ3) is 6.07. The number of rotatable bonds is 7. The Balaban J connectivity index is 2.42. The predicted molar refractivity (Wildman–Crippen MR) is 111 cm³/mol. The second kappa shape index (κ2) is 10.3. The lowest BCUT2D eigenvalue weighted by atomic mass is 10.1. The minimum Gasteiger partial charge on any atom is -0.506 e. The number of methoxy groups -OCH3 is 1. The summed E-state index contributed by atoms with van der Waals surface area (Å²) in [5.74, 6) is -4.32. The molecule has 2 rings (SSSR count). The number of amides is 1. The highest BCUT2D eigenvalue weighted by atomic mass is 32.2. The third-order valence-electron chi connectivity index (χ3n) is 4.31. The van der Waals surface area contributed by atoms with E-state index in [2.05, 4.69) is 0 Å². The van der Waals surface area contributed by atoms with Gasteiger partial charge in [0.25, 0.3) is 5.91 Å². The number of thioether (sulfide) groups is 1. The first-order valence-corrected chi connectivity index (χ1v) is 9.79. The molecule has 14 heteroatoms. The summed E-state index contributed by atoms with van der Waals surface area (Å²) >= 11 is -0.479. The molecule has 2 aromatic carbocycles. The predicted octanol–water partition coefficient (Wildman–Crippen LogP) is 4.51. The molecule has 1 amide bonds. The first-order valence-electron chi connectivity index (χ1n) is 8.97. The molecule has 0 atom stereocenters. The van der Waals surface area contributed by atoms with E-state index in [4.69, 9.17) is 4.74 Å². The number of alkyl halides is 3. The Labute approximate surface area is 193 Å². The number of aliphatic hydroxyl groups excluding tert-OH is 1. The van der Waals surface area contributed by atoms with E-state index in [1.165, 1.54) is 6.07 Å². The maximum atomic E-state index is 14.1. The van der Waals surface area contributed by atoms with E-state index in [1.807, 2.05) is 0 Å². The monoisotopic (exact) mass is 501 g/mol. The van der Waals surface area contributed by atoms with E-state index in [-0.39, 0.29) is 10.5 Å². The van der Waals surface area contributed by atoms with Gasteiger partial charge in [0.2, 0.25) is 5.75 Å². The Hall–Kier alpha value is -3.99. The topological polar surface area (TPSA) is 137 Å². The van der Waals surface area contributed by atoms with Gasteiger partial charge < -0.3 is 19.8 Å². The number of carbonyl (C=O) groups excluding carboxylic acids is 1. The fourth-order valence-corrected chi connectivity index (χ4v) is 3.36. The van der Waals surface area contributed by atoms with Crippen molar-refractivity contribution in [3.05, 3.63) is 63.0 Å². The van der Waals surface area contributed by atoms with Crippen LogP contribution in [0.5, 0.6) is 11.5 Å². The number of aliphatic hydroxyl groups is 1. The van der Waals surface area contributed by atoms with E-state index in [9.17, 15) is 47.9 Å². The van der Waals surface area contributed by atoms with Crippen LogP contribution in [0.4, 0.5) is 23.2 Å². The lowest BCUT2D eigenvalue weighted by Gasteiger charge is -2.18. The molecular weight excluding hydrogens is 486 g/mol. The molecule has 0 bridgehead atoms. The standard InChI is InChI=1S/C20H15F4N3O6S/c1-26(9-11-5-12(3-4-14(11)21)34-20(22,23)24)19(30)13(8-25)17(28)10-6-15(27(31)32)18(29)16(7-10)33-2/h3-7,28-29H,9H2,1-2H3/b17-13-. The van der Waals surface area contributed by atoms with E-state index >= 15 is 0 Å². The van der Waals surface area contributed by atoms with Gasteiger partial charge >= 0.3 is 11.2 Å². The first kappa shape index (κ1) is 26.3. The Morgan fingerprint density at radius 1 is 1.32 bits per heavy atom. The Bertz CT molecular complexity index is 1210. The van der Waals surface area contributed by atoms with Crippen LogP contribution in [0.15, 0.2) is 40.8 Å². The summed E-state index contributed by atoms with van der Waals surface area (Å²) in [5.41, 5.74) is -7.09. The number of benzene rings is 2. The SMILES string of the molecule is COc1cc(/C(O)=C(\C#N)C(=O)N(C)Cc2cc(SC(F)(F)F)ccc2F)cc([N+](=O)[O-])c1O. The number of hydrogen-bond donors (Lipinski definition) is 2. The van der Waals surface area contributed by atoms with Gasteiger partial charge in [-0.3, -0.25) is 14.9 Å². The van der Waals surface area contributed by atoms with Crippen LogP contribution in [0.3, 0.4) is 0 Å².